The molecule has 1 unspecified atom stereocenters. The fraction of sp³-hybridized carbons (Fsp3) is 0.500. The zero-order chi connectivity index (χ0) is 13.5. The Labute approximate surface area is 112 Å². The summed E-state index contributed by atoms with van der Waals surface area (Å²) in [5.74, 6) is 0. The van der Waals surface area contributed by atoms with Crippen LogP contribution in [0.25, 0.3) is 0 Å². The van der Waals surface area contributed by atoms with Crippen LogP contribution in [0.1, 0.15) is 38.8 Å². The van der Waals surface area contributed by atoms with E-state index in [9.17, 15) is 0 Å². The van der Waals surface area contributed by atoms with Gasteiger partial charge >= 0.3 is 0 Å². The van der Waals surface area contributed by atoms with Crippen LogP contribution in [-0.4, -0.2) is 19.6 Å². The Balaban J connectivity index is 3.16. The SMILES string of the molecule is C=CCN(c1ccccc1C(CC)NC)C(C)C. The molecule has 1 rings (SSSR count). The van der Waals surface area contributed by atoms with E-state index < -0.39 is 0 Å². The van der Waals surface area contributed by atoms with Crippen LogP contribution < -0.4 is 10.2 Å². The standard InChI is InChI=1S/C16H26N2/c1-6-12-18(13(3)4)16-11-9-8-10-14(16)15(7-2)17-5/h6,8-11,13,15,17H,1,7,12H2,2-5H3. The second kappa shape index (κ2) is 7.22. The topological polar surface area (TPSA) is 15.3 Å². The smallest absolute Gasteiger partial charge is 0.0419 e. The fourth-order valence-corrected chi connectivity index (χ4v) is 2.35. The largest absolute Gasteiger partial charge is 0.365 e. The second-order valence-electron chi connectivity index (χ2n) is 4.84. The van der Waals surface area contributed by atoms with E-state index in [0.29, 0.717) is 12.1 Å². The van der Waals surface area contributed by atoms with E-state index in [1.165, 1.54) is 11.3 Å². The zero-order valence-corrected chi connectivity index (χ0v) is 12.1. The summed E-state index contributed by atoms with van der Waals surface area (Å²) in [6, 6.07) is 9.54. The third kappa shape index (κ3) is 3.36. The first-order valence-corrected chi connectivity index (χ1v) is 6.79. The van der Waals surface area contributed by atoms with Gasteiger partial charge < -0.3 is 10.2 Å². The van der Waals surface area contributed by atoms with Gasteiger partial charge in [0.1, 0.15) is 0 Å². The summed E-state index contributed by atoms with van der Waals surface area (Å²) in [4.78, 5) is 2.39. The number of para-hydroxylation sites is 1. The van der Waals surface area contributed by atoms with E-state index >= 15 is 0 Å². The van der Waals surface area contributed by atoms with Crippen molar-refractivity contribution in [1.82, 2.24) is 5.32 Å². The quantitative estimate of drug-likeness (QED) is 0.737. The molecule has 0 amide bonds. The molecule has 0 aliphatic heterocycles. The highest BCUT2D eigenvalue weighted by atomic mass is 15.2. The van der Waals surface area contributed by atoms with Crippen LogP contribution in [0.4, 0.5) is 5.69 Å². The molecule has 1 atom stereocenters. The second-order valence-corrected chi connectivity index (χ2v) is 4.84. The first-order chi connectivity index (χ1) is 8.65. The minimum Gasteiger partial charge on any atom is -0.365 e. The molecule has 2 nitrogen and oxygen atoms in total. The van der Waals surface area contributed by atoms with Gasteiger partial charge in [0.15, 0.2) is 0 Å². The molecule has 0 bridgehead atoms. The van der Waals surface area contributed by atoms with Crippen molar-refractivity contribution >= 4 is 5.69 Å². The van der Waals surface area contributed by atoms with Crippen molar-refractivity contribution in [3.63, 3.8) is 0 Å². The molecule has 1 aromatic rings. The third-order valence-corrected chi connectivity index (χ3v) is 3.33. The average molecular weight is 246 g/mol. The van der Waals surface area contributed by atoms with Crippen molar-refractivity contribution in [2.24, 2.45) is 0 Å². The summed E-state index contributed by atoms with van der Waals surface area (Å²) < 4.78 is 0. The molecule has 0 spiro atoms. The number of rotatable bonds is 7. The van der Waals surface area contributed by atoms with Crippen molar-refractivity contribution in [3.05, 3.63) is 42.5 Å². The van der Waals surface area contributed by atoms with E-state index in [-0.39, 0.29) is 0 Å². The number of anilines is 1. The summed E-state index contributed by atoms with van der Waals surface area (Å²) in [6.07, 6.45) is 3.06. The van der Waals surface area contributed by atoms with Gasteiger partial charge in [0.25, 0.3) is 0 Å². The minimum atomic E-state index is 0.410. The van der Waals surface area contributed by atoms with E-state index in [4.69, 9.17) is 0 Å². The normalized spacial score (nSPS) is 12.5. The van der Waals surface area contributed by atoms with E-state index in [1.54, 1.807) is 0 Å². The van der Waals surface area contributed by atoms with Crippen molar-refractivity contribution in [2.75, 3.05) is 18.5 Å². The van der Waals surface area contributed by atoms with Gasteiger partial charge in [-0.1, -0.05) is 31.2 Å². The van der Waals surface area contributed by atoms with Gasteiger partial charge in [-0.15, -0.1) is 6.58 Å². The molecule has 0 aliphatic carbocycles. The van der Waals surface area contributed by atoms with Crippen LogP contribution in [0.3, 0.4) is 0 Å². The third-order valence-electron chi connectivity index (χ3n) is 3.33. The number of benzene rings is 1. The lowest BCUT2D eigenvalue weighted by molar-refractivity contribution is 0.572. The summed E-state index contributed by atoms with van der Waals surface area (Å²) in [6.45, 7) is 11.4. The fourth-order valence-electron chi connectivity index (χ4n) is 2.35. The van der Waals surface area contributed by atoms with Crippen LogP contribution in [0.15, 0.2) is 36.9 Å². The number of hydrogen-bond acceptors (Lipinski definition) is 2. The van der Waals surface area contributed by atoms with Crippen LogP contribution in [-0.2, 0) is 0 Å². The molecule has 0 saturated carbocycles. The van der Waals surface area contributed by atoms with Gasteiger partial charge in [0.05, 0.1) is 0 Å². The molecule has 0 heterocycles. The average Bonchev–Trinajstić information content (AvgIpc) is 2.38. The minimum absolute atomic E-state index is 0.410. The van der Waals surface area contributed by atoms with Crippen molar-refractivity contribution in [3.8, 4) is 0 Å². The van der Waals surface area contributed by atoms with Gasteiger partial charge in [-0.3, -0.25) is 0 Å². The maximum atomic E-state index is 3.87. The first kappa shape index (κ1) is 14.8. The Morgan fingerprint density at radius 2 is 2.00 bits per heavy atom. The Hall–Kier alpha value is -1.28. The highest BCUT2D eigenvalue weighted by molar-refractivity contribution is 5.56. The number of nitrogens with zero attached hydrogens (tertiary/aromatic N) is 1. The molecular formula is C16H26N2. The van der Waals surface area contributed by atoms with Crippen LogP contribution in [0, 0.1) is 0 Å². The molecule has 0 aromatic heterocycles. The van der Waals surface area contributed by atoms with Gasteiger partial charge in [-0.05, 0) is 38.9 Å². The molecule has 0 radical (unpaired) electrons. The van der Waals surface area contributed by atoms with Crippen LogP contribution >= 0.6 is 0 Å². The molecule has 0 fully saturated rings. The molecule has 1 aromatic carbocycles. The van der Waals surface area contributed by atoms with Gasteiger partial charge in [0.2, 0.25) is 0 Å². The van der Waals surface area contributed by atoms with Crippen LogP contribution in [0.2, 0.25) is 0 Å². The Morgan fingerprint density at radius 1 is 1.33 bits per heavy atom. The highest BCUT2D eigenvalue weighted by Crippen LogP contribution is 2.29. The van der Waals surface area contributed by atoms with Gasteiger partial charge in [-0.25, -0.2) is 0 Å². The zero-order valence-electron chi connectivity index (χ0n) is 12.1. The molecule has 2 heteroatoms. The summed E-state index contributed by atoms with van der Waals surface area (Å²) >= 11 is 0. The maximum Gasteiger partial charge on any atom is 0.0419 e. The lowest BCUT2D eigenvalue weighted by Gasteiger charge is -2.31. The number of nitrogens with one attached hydrogen (secondary N) is 1. The Kier molecular flexibility index (Phi) is 5.93. The van der Waals surface area contributed by atoms with Gasteiger partial charge in [0, 0.05) is 24.3 Å². The van der Waals surface area contributed by atoms with Gasteiger partial charge in [-0.2, -0.15) is 0 Å². The summed E-state index contributed by atoms with van der Waals surface area (Å²) in [5.41, 5.74) is 2.69. The van der Waals surface area contributed by atoms with Crippen molar-refractivity contribution in [2.45, 2.75) is 39.3 Å². The number of hydrogen-bond donors (Lipinski definition) is 1. The van der Waals surface area contributed by atoms with Crippen molar-refractivity contribution in [1.29, 1.82) is 0 Å². The van der Waals surface area contributed by atoms with E-state index in [0.717, 1.165) is 13.0 Å². The first-order valence-electron chi connectivity index (χ1n) is 6.79. The molecule has 100 valence electrons. The summed E-state index contributed by atoms with van der Waals surface area (Å²) in [5, 5.41) is 3.39. The lowest BCUT2D eigenvalue weighted by Crippen LogP contribution is -2.32. The predicted molar refractivity (Wildman–Crippen MR) is 81.2 cm³/mol. The highest BCUT2D eigenvalue weighted by Gasteiger charge is 2.17. The molecule has 0 aliphatic rings. The van der Waals surface area contributed by atoms with Crippen LogP contribution in [0.5, 0.6) is 0 Å². The molecular weight excluding hydrogens is 220 g/mol. The molecule has 18 heavy (non-hydrogen) atoms. The molecule has 0 saturated heterocycles. The van der Waals surface area contributed by atoms with E-state index in [2.05, 4.69) is 61.8 Å². The van der Waals surface area contributed by atoms with E-state index in [1.807, 2.05) is 13.1 Å². The maximum absolute atomic E-state index is 3.87. The Morgan fingerprint density at radius 3 is 2.50 bits per heavy atom. The Bertz CT molecular complexity index is 367. The predicted octanol–water partition coefficient (Wildman–Crippen LogP) is 3.76. The monoisotopic (exact) mass is 246 g/mol. The summed E-state index contributed by atoms with van der Waals surface area (Å²) in [7, 11) is 2.03. The van der Waals surface area contributed by atoms with Crippen molar-refractivity contribution < 1.29 is 0 Å². The lowest BCUT2D eigenvalue weighted by atomic mass is 10.0. The molecule has 1 N–H and O–H groups in total.